The molecule has 0 aliphatic carbocycles. The van der Waals surface area contributed by atoms with Gasteiger partial charge in [-0.25, -0.2) is 8.42 Å². The second-order valence-corrected chi connectivity index (χ2v) is 9.34. The SMILES string of the molecule is CS(=O)(=O)N(CC(=O)Nc1ccc2c(c1)oc1ccccc12)c1ccccc1Br. The predicted molar refractivity (Wildman–Crippen MR) is 119 cm³/mol. The lowest BCUT2D eigenvalue weighted by molar-refractivity contribution is -0.114. The molecule has 1 heterocycles. The minimum atomic E-state index is -3.66. The summed E-state index contributed by atoms with van der Waals surface area (Å²) >= 11 is 3.34. The first-order valence-corrected chi connectivity index (χ1v) is 11.4. The van der Waals surface area contributed by atoms with Gasteiger partial charge in [0.15, 0.2) is 0 Å². The molecule has 0 aliphatic rings. The topological polar surface area (TPSA) is 79.6 Å². The van der Waals surface area contributed by atoms with Crippen molar-refractivity contribution in [3.05, 3.63) is 71.2 Å². The second kappa shape index (κ2) is 7.53. The van der Waals surface area contributed by atoms with Gasteiger partial charge in [0, 0.05) is 27.0 Å². The first-order valence-electron chi connectivity index (χ1n) is 8.76. The smallest absolute Gasteiger partial charge is 0.245 e. The lowest BCUT2D eigenvalue weighted by Gasteiger charge is -2.23. The quantitative estimate of drug-likeness (QED) is 0.454. The number of anilines is 2. The number of nitrogens with one attached hydrogen (secondary N) is 1. The molecule has 0 saturated heterocycles. The van der Waals surface area contributed by atoms with Crippen LogP contribution >= 0.6 is 15.9 Å². The van der Waals surface area contributed by atoms with E-state index in [2.05, 4.69) is 21.2 Å². The van der Waals surface area contributed by atoms with E-state index in [1.165, 1.54) is 0 Å². The lowest BCUT2D eigenvalue weighted by Crippen LogP contribution is -2.37. The van der Waals surface area contributed by atoms with E-state index in [1.807, 2.05) is 30.3 Å². The Bertz CT molecular complexity index is 1330. The number of carbonyl (C=O) groups excluding carboxylic acids is 1. The molecule has 8 heteroatoms. The third-order valence-corrected chi connectivity index (χ3v) is 6.27. The Labute approximate surface area is 176 Å². The molecular formula is C21H17BrN2O4S. The van der Waals surface area contributed by atoms with Gasteiger partial charge in [-0.15, -0.1) is 0 Å². The van der Waals surface area contributed by atoms with Crippen molar-refractivity contribution >= 4 is 65.2 Å². The molecule has 0 unspecified atom stereocenters. The van der Waals surface area contributed by atoms with Crippen molar-refractivity contribution in [3.63, 3.8) is 0 Å². The summed E-state index contributed by atoms with van der Waals surface area (Å²) in [4.78, 5) is 12.6. The number of nitrogens with zero attached hydrogens (tertiary/aromatic N) is 1. The Balaban J connectivity index is 1.59. The van der Waals surface area contributed by atoms with Crippen LogP contribution in [0.1, 0.15) is 0 Å². The highest BCUT2D eigenvalue weighted by Crippen LogP contribution is 2.31. The van der Waals surface area contributed by atoms with Crippen molar-refractivity contribution in [2.45, 2.75) is 0 Å². The summed E-state index contributed by atoms with van der Waals surface area (Å²) in [6.07, 6.45) is 1.07. The molecule has 1 aromatic heterocycles. The maximum atomic E-state index is 12.6. The molecule has 0 radical (unpaired) electrons. The first-order chi connectivity index (χ1) is 13.8. The average Bonchev–Trinajstić information content (AvgIpc) is 3.03. The number of halogens is 1. The number of para-hydroxylation sites is 2. The van der Waals surface area contributed by atoms with Gasteiger partial charge in [-0.05, 0) is 46.3 Å². The molecule has 0 atom stereocenters. The highest BCUT2D eigenvalue weighted by atomic mass is 79.9. The van der Waals surface area contributed by atoms with Crippen LogP contribution in [-0.2, 0) is 14.8 Å². The summed E-state index contributed by atoms with van der Waals surface area (Å²) in [6.45, 7) is -0.348. The van der Waals surface area contributed by atoms with Crippen molar-refractivity contribution in [2.24, 2.45) is 0 Å². The monoisotopic (exact) mass is 472 g/mol. The zero-order valence-electron chi connectivity index (χ0n) is 15.4. The second-order valence-electron chi connectivity index (χ2n) is 6.58. The summed E-state index contributed by atoms with van der Waals surface area (Å²) in [6, 6.07) is 19.9. The average molecular weight is 473 g/mol. The van der Waals surface area contributed by atoms with Gasteiger partial charge in [0.1, 0.15) is 17.7 Å². The number of amides is 1. The van der Waals surface area contributed by atoms with Gasteiger partial charge in [-0.1, -0.05) is 30.3 Å². The van der Waals surface area contributed by atoms with Crippen molar-refractivity contribution in [1.82, 2.24) is 0 Å². The van der Waals surface area contributed by atoms with E-state index in [-0.39, 0.29) is 6.54 Å². The molecule has 0 spiro atoms. The highest BCUT2D eigenvalue weighted by molar-refractivity contribution is 9.10. The molecule has 4 aromatic rings. The van der Waals surface area contributed by atoms with Crippen molar-refractivity contribution in [2.75, 3.05) is 22.4 Å². The van der Waals surface area contributed by atoms with Crippen molar-refractivity contribution in [3.8, 4) is 0 Å². The lowest BCUT2D eigenvalue weighted by atomic mass is 10.1. The van der Waals surface area contributed by atoms with Crippen LogP contribution in [0, 0.1) is 0 Å². The Morgan fingerprint density at radius 3 is 2.45 bits per heavy atom. The number of hydrogen-bond donors (Lipinski definition) is 1. The van der Waals surface area contributed by atoms with Gasteiger partial charge in [-0.3, -0.25) is 9.10 Å². The Kier molecular flexibility index (Phi) is 5.06. The highest BCUT2D eigenvalue weighted by Gasteiger charge is 2.22. The maximum absolute atomic E-state index is 12.6. The van der Waals surface area contributed by atoms with Crippen molar-refractivity contribution in [1.29, 1.82) is 0 Å². The molecule has 4 rings (SSSR count). The Morgan fingerprint density at radius 2 is 1.69 bits per heavy atom. The number of furan rings is 1. The van der Waals surface area contributed by atoms with E-state index in [1.54, 1.807) is 36.4 Å². The number of sulfonamides is 1. The van der Waals surface area contributed by atoms with Crippen LogP contribution in [0.15, 0.2) is 75.6 Å². The fourth-order valence-corrected chi connectivity index (χ4v) is 4.65. The molecule has 0 saturated carbocycles. The van der Waals surface area contributed by atoms with E-state index in [0.717, 1.165) is 26.9 Å². The predicted octanol–water partition coefficient (Wildman–Crippen LogP) is 4.75. The zero-order chi connectivity index (χ0) is 20.6. The van der Waals surface area contributed by atoms with E-state index in [4.69, 9.17) is 4.42 Å². The molecule has 0 bridgehead atoms. The summed E-state index contributed by atoms with van der Waals surface area (Å²) in [5.74, 6) is -0.457. The molecule has 29 heavy (non-hydrogen) atoms. The molecule has 1 N–H and O–H groups in total. The Hall–Kier alpha value is -2.84. The van der Waals surface area contributed by atoms with Crippen LogP contribution in [0.5, 0.6) is 0 Å². The molecule has 6 nitrogen and oxygen atoms in total. The zero-order valence-corrected chi connectivity index (χ0v) is 17.8. The summed E-state index contributed by atoms with van der Waals surface area (Å²) in [5.41, 5.74) is 2.35. The number of benzene rings is 3. The van der Waals surface area contributed by atoms with Gasteiger partial charge in [0.2, 0.25) is 15.9 Å². The standard InChI is InChI=1S/C21H17BrN2O4S/c1-29(26,27)24(18-8-4-3-7-17(18)22)13-21(25)23-14-10-11-16-15-6-2-5-9-19(15)28-20(16)12-14/h2-12H,13H2,1H3,(H,23,25). The molecule has 3 aromatic carbocycles. The van der Waals surface area contributed by atoms with Gasteiger partial charge in [-0.2, -0.15) is 0 Å². The molecule has 0 fully saturated rings. The normalized spacial score (nSPS) is 11.7. The fourth-order valence-electron chi connectivity index (χ4n) is 3.17. The van der Waals surface area contributed by atoms with Crippen LogP contribution in [0.3, 0.4) is 0 Å². The van der Waals surface area contributed by atoms with Gasteiger partial charge >= 0.3 is 0 Å². The number of carbonyl (C=O) groups is 1. The number of fused-ring (bicyclic) bond motifs is 3. The molecule has 1 amide bonds. The van der Waals surface area contributed by atoms with Gasteiger partial charge < -0.3 is 9.73 Å². The number of rotatable bonds is 5. The van der Waals surface area contributed by atoms with Crippen LogP contribution < -0.4 is 9.62 Å². The summed E-state index contributed by atoms with van der Waals surface area (Å²) in [5, 5.41) is 4.70. The first kappa shape index (κ1) is 19.5. The fraction of sp³-hybridized carbons (Fsp3) is 0.0952. The van der Waals surface area contributed by atoms with Crippen LogP contribution in [0.25, 0.3) is 21.9 Å². The third kappa shape index (κ3) is 3.99. The van der Waals surface area contributed by atoms with Gasteiger partial charge in [0.25, 0.3) is 0 Å². The van der Waals surface area contributed by atoms with Gasteiger partial charge in [0.05, 0.1) is 11.9 Å². The maximum Gasteiger partial charge on any atom is 0.245 e. The van der Waals surface area contributed by atoms with E-state index in [0.29, 0.717) is 21.4 Å². The van der Waals surface area contributed by atoms with E-state index < -0.39 is 15.9 Å². The van der Waals surface area contributed by atoms with E-state index >= 15 is 0 Å². The van der Waals surface area contributed by atoms with Crippen molar-refractivity contribution < 1.29 is 17.6 Å². The molecule has 148 valence electrons. The molecular weight excluding hydrogens is 456 g/mol. The summed E-state index contributed by atoms with van der Waals surface area (Å²) < 4.78 is 32.0. The Morgan fingerprint density at radius 1 is 1.00 bits per heavy atom. The molecule has 0 aliphatic heterocycles. The summed E-state index contributed by atoms with van der Waals surface area (Å²) in [7, 11) is -3.66. The van der Waals surface area contributed by atoms with E-state index in [9.17, 15) is 13.2 Å². The minimum absolute atomic E-state index is 0.348. The third-order valence-electron chi connectivity index (χ3n) is 4.47. The van der Waals surface area contributed by atoms with Crippen LogP contribution in [-0.4, -0.2) is 27.1 Å². The number of hydrogen-bond acceptors (Lipinski definition) is 4. The minimum Gasteiger partial charge on any atom is -0.456 e. The van der Waals surface area contributed by atoms with Crippen LogP contribution in [0.2, 0.25) is 0 Å². The largest absolute Gasteiger partial charge is 0.456 e. The van der Waals surface area contributed by atoms with Crippen LogP contribution in [0.4, 0.5) is 11.4 Å².